The maximum absolute atomic E-state index is 6.00. The highest BCUT2D eigenvalue weighted by Crippen LogP contribution is 2.26. The van der Waals surface area contributed by atoms with E-state index in [1.54, 1.807) is 0 Å². The molecule has 1 heterocycles. The lowest BCUT2D eigenvalue weighted by molar-refractivity contribution is 0.472. The summed E-state index contributed by atoms with van der Waals surface area (Å²) in [5, 5.41) is 3.14. The Labute approximate surface area is 121 Å². The highest BCUT2D eigenvalue weighted by molar-refractivity contribution is 5.38. The summed E-state index contributed by atoms with van der Waals surface area (Å²) in [6.07, 6.45) is 4.14. The Morgan fingerprint density at radius 3 is 2.60 bits per heavy atom. The van der Waals surface area contributed by atoms with E-state index in [-0.39, 0.29) is 0 Å². The van der Waals surface area contributed by atoms with Crippen LogP contribution in [0.5, 0.6) is 11.5 Å². The molecule has 0 saturated carbocycles. The largest absolute Gasteiger partial charge is 0.457 e. The number of pyridine rings is 1. The molecular weight excluding hydrogens is 248 g/mol. The molecule has 2 aromatic rings. The number of benzene rings is 1. The predicted molar refractivity (Wildman–Crippen MR) is 82.2 cm³/mol. The maximum Gasteiger partial charge on any atom is 0.135 e. The SMILES string of the molecule is CCCc1ccc(Oc2cc(C)ncc2CNC)cc1. The lowest BCUT2D eigenvalue weighted by Crippen LogP contribution is -2.07. The van der Waals surface area contributed by atoms with Crippen molar-refractivity contribution in [3.05, 3.63) is 53.3 Å². The molecule has 2 rings (SSSR count). The van der Waals surface area contributed by atoms with Gasteiger partial charge in [0.2, 0.25) is 0 Å². The van der Waals surface area contributed by atoms with Crippen LogP contribution in [-0.2, 0) is 13.0 Å². The van der Waals surface area contributed by atoms with Crippen LogP contribution in [-0.4, -0.2) is 12.0 Å². The number of nitrogens with zero attached hydrogens (tertiary/aromatic N) is 1. The summed E-state index contributed by atoms with van der Waals surface area (Å²) in [4.78, 5) is 4.32. The molecule has 3 heteroatoms. The van der Waals surface area contributed by atoms with Crippen LogP contribution in [0, 0.1) is 6.92 Å². The predicted octanol–water partition coefficient (Wildman–Crippen LogP) is 3.85. The Morgan fingerprint density at radius 1 is 1.20 bits per heavy atom. The van der Waals surface area contributed by atoms with Gasteiger partial charge in [-0.25, -0.2) is 0 Å². The lowest BCUT2D eigenvalue weighted by Gasteiger charge is -2.12. The minimum atomic E-state index is 0.747. The van der Waals surface area contributed by atoms with Crippen molar-refractivity contribution in [3.8, 4) is 11.5 Å². The smallest absolute Gasteiger partial charge is 0.135 e. The molecule has 1 N–H and O–H groups in total. The minimum absolute atomic E-state index is 0.747. The molecule has 0 spiro atoms. The molecule has 1 aromatic carbocycles. The molecule has 0 aliphatic rings. The molecule has 0 aliphatic carbocycles. The normalized spacial score (nSPS) is 10.6. The van der Waals surface area contributed by atoms with Crippen molar-refractivity contribution in [2.75, 3.05) is 7.05 Å². The third kappa shape index (κ3) is 3.81. The molecule has 0 radical (unpaired) electrons. The highest BCUT2D eigenvalue weighted by Gasteiger charge is 2.06. The second-order valence-corrected chi connectivity index (χ2v) is 4.96. The van der Waals surface area contributed by atoms with Crippen LogP contribution in [0.4, 0.5) is 0 Å². The summed E-state index contributed by atoms with van der Waals surface area (Å²) in [7, 11) is 1.92. The number of aryl methyl sites for hydroxylation is 2. The fraction of sp³-hybridized carbons (Fsp3) is 0.353. The van der Waals surface area contributed by atoms with Crippen molar-refractivity contribution in [2.45, 2.75) is 33.2 Å². The number of hydrogen-bond acceptors (Lipinski definition) is 3. The first-order chi connectivity index (χ1) is 9.72. The van der Waals surface area contributed by atoms with Crippen LogP contribution >= 0.6 is 0 Å². The molecule has 106 valence electrons. The van der Waals surface area contributed by atoms with E-state index in [1.165, 1.54) is 5.56 Å². The van der Waals surface area contributed by atoms with Gasteiger partial charge in [0.1, 0.15) is 11.5 Å². The fourth-order valence-corrected chi connectivity index (χ4v) is 2.12. The summed E-state index contributed by atoms with van der Waals surface area (Å²) >= 11 is 0. The third-order valence-corrected chi connectivity index (χ3v) is 3.14. The van der Waals surface area contributed by atoms with Gasteiger partial charge in [0.25, 0.3) is 0 Å². The van der Waals surface area contributed by atoms with Gasteiger partial charge in [0, 0.05) is 30.1 Å². The van der Waals surface area contributed by atoms with E-state index < -0.39 is 0 Å². The Morgan fingerprint density at radius 2 is 1.95 bits per heavy atom. The molecule has 3 nitrogen and oxygen atoms in total. The van der Waals surface area contributed by atoms with E-state index >= 15 is 0 Å². The summed E-state index contributed by atoms with van der Waals surface area (Å²) in [6.45, 7) is 4.91. The van der Waals surface area contributed by atoms with Gasteiger partial charge in [-0.15, -0.1) is 0 Å². The molecule has 0 amide bonds. The fourth-order valence-electron chi connectivity index (χ4n) is 2.12. The van der Waals surface area contributed by atoms with Gasteiger partial charge in [0.15, 0.2) is 0 Å². The van der Waals surface area contributed by atoms with Gasteiger partial charge < -0.3 is 10.1 Å². The van der Waals surface area contributed by atoms with Crippen molar-refractivity contribution in [3.63, 3.8) is 0 Å². The first-order valence-corrected chi connectivity index (χ1v) is 7.10. The van der Waals surface area contributed by atoms with Crippen molar-refractivity contribution in [1.29, 1.82) is 0 Å². The monoisotopic (exact) mass is 270 g/mol. The van der Waals surface area contributed by atoms with Crippen LogP contribution in [0.15, 0.2) is 36.5 Å². The first-order valence-electron chi connectivity index (χ1n) is 7.10. The summed E-state index contributed by atoms with van der Waals surface area (Å²) < 4.78 is 6.00. The molecule has 0 bridgehead atoms. The van der Waals surface area contributed by atoms with Gasteiger partial charge in [-0.05, 0) is 38.1 Å². The number of hydrogen-bond donors (Lipinski definition) is 1. The zero-order valence-corrected chi connectivity index (χ0v) is 12.4. The number of nitrogens with one attached hydrogen (secondary N) is 1. The minimum Gasteiger partial charge on any atom is -0.457 e. The van der Waals surface area contributed by atoms with E-state index in [0.29, 0.717) is 0 Å². The molecule has 0 atom stereocenters. The summed E-state index contributed by atoms with van der Waals surface area (Å²) in [5.41, 5.74) is 3.37. The topological polar surface area (TPSA) is 34.1 Å². The van der Waals surface area contributed by atoms with Crippen molar-refractivity contribution >= 4 is 0 Å². The molecule has 0 unspecified atom stereocenters. The van der Waals surface area contributed by atoms with Crippen LogP contribution in [0.3, 0.4) is 0 Å². The molecule has 0 saturated heterocycles. The third-order valence-electron chi connectivity index (χ3n) is 3.14. The van der Waals surface area contributed by atoms with Crippen LogP contribution < -0.4 is 10.1 Å². The van der Waals surface area contributed by atoms with Crippen LogP contribution in [0.25, 0.3) is 0 Å². The molecule has 0 fully saturated rings. The Bertz CT molecular complexity index is 549. The van der Waals surface area contributed by atoms with Gasteiger partial charge in [0.05, 0.1) is 0 Å². The highest BCUT2D eigenvalue weighted by atomic mass is 16.5. The van der Waals surface area contributed by atoms with E-state index in [0.717, 1.165) is 42.1 Å². The second kappa shape index (κ2) is 7.06. The number of rotatable bonds is 6. The summed E-state index contributed by atoms with van der Waals surface area (Å²) in [5.74, 6) is 1.74. The quantitative estimate of drug-likeness (QED) is 0.865. The standard InChI is InChI=1S/C17H22N2O/c1-4-5-14-6-8-16(9-7-14)20-17-10-13(2)19-12-15(17)11-18-3/h6-10,12,18H,4-5,11H2,1-3H3. The van der Waals surface area contributed by atoms with E-state index in [9.17, 15) is 0 Å². The van der Waals surface area contributed by atoms with Crippen molar-refractivity contribution in [1.82, 2.24) is 10.3 Å². The van der Waals surface area contributed by atoms with Gasteiger partial charge in [-0.2, -0.15) is 0 Å². The lowest BCUT2D eigenvalue weighted by atomic mass is 10.1. The molecule has 20 heavy (non-hydrogen) atoms. The molecule has 0 aliphatic heterocycles. The molecule has 1 aromatic heterocycles. The van der Waals surface area contributed by atoms with E-state index in [4.69, 9.17) is 4.74 Å². The van der Waals surface area contributed by atoms with Gasteiger partial charge in [-0.1, -0.05) is 25.5 Å². The average molecular weight is 270 g/mol. The molecular formula is C17H22N2O. The first kappa shape index (κ1) is 14.5. The average Bonchev–Trinajstić information content (AvgIpc) is 2.44. The van der Waals surface area contributed by atoms with E-state index in [1.807, 2.05) is 38.4 Å². The number of aromatic nitrogens is 1. The van der Waals surface area contributed by atoms with Crippen molar-refractivity contribution < 1.29 is 4.74 Å². The van der Waals surface area contributed by atoms with Gasteiger partial charge in [-0.3, -0.25) is 4.98 Å². The zero-order chi connectivity index (χ0) is 14.4. The number of ether oxygens (including phenoxy) is 1. The van der Waals surface area contributed by atoms with E-state index in [2.05, 4.69) is 29.4 Å². The Balaban J connectivity index is 2.18. The zero-order valence-electron chi connectivity index (χ0n) is 12.4. The Hall–Kier alpha value is -1.87. The van der Waals surface area contributed by atoms with Crippen LogP contribution in [0.1, 0.15) is 30.2 Å². The maximum atomic E-state index is 6.00. The second-order valence-electron chi connectivity index (χ2n) is 4.96. The van der Waals surface area contributed by atoms with Crippen molar-refractivity contribution in [2.24, 2.45) is 0 Å². The van der Waals surface area contributed by atoms with Crippen LogP contribution in [0.2, 0.25) is 0 Å². The summed E-state index contributed by atoms with van der Waals surface area (Å²) in [6, 6.07) is 10.3. The van der Waals surface area contributed by atoms with Gasteiger partial charge >= 0.3 is 0 Å². The Kier molecular flexibility index (Phi) is 5.13.